The molecule has 69 heavy (non-hydrogen) atoms. The Bertz CT molecular complexity index is 2600. The lowest BCUT2D eigenvalue weighted by Crippen LogP contribution is -2.58. The normalized spacial score (nSPS) is 19.3. The predicted octanol–water partition coefficient (Wildman–Crippen LogP) is 5.10. The molecule has 3 fully saturated rings. The maximum Gasteiger partial charge on any atom is 0.274 e. The Labute approximate surface area is 404 Å². The van der Waals surface area contributed by atoms with E-state index in [1.807, 2.05) is 56.8 Å². The van der Waals surface area contributed by atoms with Crippen molar-refractivity contribution in [2.45, 2.75) is 84.2 Å². The molecule has 366 valence electrons. The van der Waals surface area contributed by atoms with Gasteiger partial charge in [-0.25, -0.2) is 4.98 Å². The highest BCUT2D eigenvalue weighted by Gasteiger charge is 2.42. The standard InChI is InChI=1S/C51H66N12O6/c1-33-28-37(19-23-62(33)36-15-16-40(45(30-36)68-7)56-48(65)41-11-8-10-38(55-41)39-17-20-53-58-39)69-32-46(64)57-47(51(2,3)4)50(67)63-22-9-12-43(63)49(66)52-31-35-14-13-34(42-18-21-54-60(42)6)29-44(35)61-26-24-59(5)25-27-61/h8,10-11,13-18,20-21,29-30,33,37,43,47H,9,12,19,22-28,31-32H2,1-7H3,(H,52,66)(H,53,58)(H,56,65)(H,57,64)/t33-,37-,43-,47+/m0/s1. The van der Waals surface area contributed by atoms with Crippen molar-refractivity contribution in [2.24, 2.45) is 12.5 Å². The van der Waals surface area contributed by atoms with Crippen molar-refractivity contribution < 1.29 is 28.7 Å². The van der Waals surface area contributed by atoms with E-state index in [1.165, 1.54) is 0 Å². The molecule has 3 saturated heterocycles. The smallest absolute Gasteiger partial charge is 0.274 e. The van der Waals surface area contributed by atoms with Gasteiger partial charge in [0.2, 0.25) is 17.7 Å². The van der Waals surface area contributed by atoms with Gasteiger partial charge in [-0.2, -0.15) is 10.2 Å². The number of likely N-dealkylation sites (tertiary alicyclic amines) is 1. The molecule has 4 amide bonds. The van der Waals surface area contributed by atoms with Crippen molar-refractivity contribution in [1.82, 2.24) is 45.4 Å². The van der Waals surface area contributed by atoms with Crippen molar-refractivity contribution in [3.8, 4) is 28.4 Å². The number of rotatable bonds is 15. The largest absolute Gasteiger partial charge is 0.494 e. The van der Waals surface area contributed by atoms with Gasteiger partial charge < -0.3 is 45.0 Å². The van der Waals surface area contributed by atoms with Crippen molar-refractivity contribution >= 4 is 40.7 Å². The van der Waals surface area contributed by atoms with E-state index in [0.717, 1.165) is 54.4 Å². The number of benzene rings is 2. The highest BCUT2D eigenvalue weighted by molar-refractivity contribution is 6.04. The summed E-state index contributed by atoms with van der Waals surface area (Å²) < 4.78 is 13.8. The van der Waals surface area contributed by atoms with E-state index in [0.29, 0.717) is 68.1 Å². The summed E-state index contributed by atoms with van der Waals surface area (Å²) in [7, 11) is 5.63. The SMILES string of the molecule is COc1cc(N2CC[C@H](OCC(=O)N[C@H](C(=O)N3CCC[C@H]3C(=O)NCc3ccc(-c4ccnn4C)cc3N3CCN(C)CC3)C(C)(C)C)C[C@@H]2C)ccc1NC(=O)c1cccc(-c2ccn[nH]2)n1. The molecular formula is C51H66N12O6. The lowest BCUT2D eigenvalue weighted by Gasteiger charge is -2.39. The number of amides is 4. The first kappa shape index (κ1) is 48.7. The van der Waals surface area contributed by atoms with Crippen LogP contribution in [0.4, 0.5) is 17.1 Å². The van der Waals surface area contributed by atoms with Crippen molar-refractivity contribution in [1.29, 1.82) is 0 Å². The molecule has 0 saturated carbocycles. The Hall–Kier alpha value is -6.79. The molecule has 3 aliphatic rings. The molecule has 8 rings (SSSR count). The van der Waals surface area contributed by atoms with Gasteiger partial charge in [0, 0.05) is 94.3 Å². The zero-order valence-electron chi connectivity index (χ0n) is 40.8. The van der Waals surface area contributed by atoms with Crippen LogP contribution in [0.25, 0.3) is 22.6 Å². The fourth-order valence-corrected chi connectivity index (χ4v) is 9.61. The summed E-state index contributed by atoms with van der Waals surface area (Å²) >= 11 is 0. The summed E-state index contributed by atoms with van der Waals surface area (Å²) in [6.07, 6.45) is 5.82. The fraction of sp³-hybridized carbons (Fsp3) is 0.471. The van der Waals surface area contributed by atoms with Crippen LogP contribution in [-0.2, 0) is 32.7 Å². The van der Waals surface area contributed by atoms with Gasteiger partial charge in [-0.1, -0.05) is 39.0 Å². The first-order chi connectivity index (χ1) is 33.2. The number of nitrogens with one attached hydrogen (secondary N) is 4. The number of pyridine rings is 1. The number of aromatic amines is 1. The molecule has 6 heterocycles. The van der Waals surface area contributed by atoms with Crippen LogP contribution < -0.4 is 30.5 Å². The maximum absolute atomic E-state index is 14.4. The van der Waals surface area contributed by atoms with Gasteiger partial charge in [0.05, 0.1) is 36.0 Å². The lowest BCUT2D eigenvalue weighted by atomic mass is 9.85. The van der Waals surface area contributed by atoms with Crippen LogP contribution in [-0.4, -0.2) is 143 Å². The number of hydrogen-bond acceptors (Lipinski definition) is 12. The summed E-state index contributed by atoms with van der Waals surface area (Å²) in [4.78, 5) is 68.3. The zero-order chi connectivity index (χ0) is 48.8. The molecule has 4 N–H and O–H groups in total. The number of H-pyrrole nitrogens is 1. The van der Waals surface area contributed by atoms with Gasteiger partial charge in [-0.05, 0) is 93.1 Å². The van der Waals surface area contributed by atoms with E-state index in [4.69, 9.17) is 9.47 Å². The van der Waals surface area contributed by atoms with Gasteiger partial charge in [0.15, 0.2) is 0 Å². The van der Waals surface area contributed by atoms with Crippen molar-refractivity contribution in [2.75, 3.05) is 75.1 Å². The second kappa shape index (κ2) is 21.2. The van der Waals surface area contributed by atoms with E-state index in [1.54, 1.807) is 48.7 Å². The van der Waals surface area contributed by atoms with Gasteiger partial charge in [-0.15, -0.1) is 0 Å². The molecule has 3 aromatic heterocycles. The molecule has 2 aromatic carbocycles. The molecular weight excluding hydrogens is 877 g/mol. The second-order valence-electron chi connectivity index (χ2n) is 19.5. The number of likely N-dealkylation sites (N-methyl/N-ethyl adjacent to an activating group) is 1. The van der Waals surface area contributed by atoms with E-state index >= 15 is 0 Å². The van der Waals surface area contributed by atoms with Crippen LogP contribution in [0.2, 0.25) is 0 Å². The number of piperazine rings is 1. The number of aromatic nitrogens is 5. The number of ether oxygens (including phenoxy) is 2. The predicted molar refractivity (Wildman–Crippen MR) is 265 cm³/mol. The molecule has 0 radical (unpaired) electrons. The molecule has 5 aromatic rings. The highest BCUT2D eigenvalue weighted by atomic mass is 16.5. The Morgan fingerprint density at radius 3 is 2.43 bits per heavy atom. The molecule has 18 nitrogen and oxygen atoms in total. The fourth-order valence-electron chi connectivity index (χ4n) is 9.61. The Kier molecular flexibility index (Phi) is 15.0. The third-order valence-corrected chi connectivity index (χ3v) is 13.6. The zero-order valence-corrected chi connectivity index (χ0v) is 40.8. The second-order valence-corrected chi connectivity index (χ2v) is 19.5. The first-order valence-electron chi connectivity index (χ1n) is 23.9. The van der Waals surface area contributed by atoms with E-state index < -0.39 is 17.5 Å². The topological polar surface area (TPSA) is 195 Å². The molecule has 4 atom stereocenters. The van der Waals surface area contributed by atoms with Crippen LogP contribution in [0.3, 0.4) is 0 Å². The van der Waals surface area contributed by atoms with Gasteiger partial charge in [0.25, 0.3) is 5.91 Å². The third-order valence-electron chi connectivity index (χ3n) is 13.6. The third kappa shape index (κ3) is 11.4. The Balaban J connectivity index is 0.840. The minimum absolute atomic E-state index is 0.0676. The van der Waals surface area contributed by atoms with E-state index in [-0.39, 0.29) is 48.1 Å². The lowest BCUT2D eigenvalue weighted by molar-refractivity contribution is -0.145. The number of methoxy groups -OCH3 is 1. The van der Waals surface area contributed by atoms with Crippen LogP contribution in [0.1, 0.15) is 69.4 Å². The number of nitrogens with zero attached hydrogens (tertiary/aromatic N) is 8. The van der Waals surface area contributed by atoms with E-state index in [9.17, 15) is 19.2 Å². The summed E-state index contributed by atoms with van der Waals surface area (Å²) in [5.41, 5.74) is 6.54. The highest BCUT2D eigenvalue weighted by Crippen LogP contribution is 2.35. The Morgan fingerprint density at radius 1 is 0.913 bits per heavy atom. The maximum atomic E-state index is 14.4. The average molecular weight is 943 g/mol. The van der Waals surface area contributed by atoms with Crippen molar-refractivity contribution in [3.63, 3.8) is 0 Å². The van der Waals surface area contributed by atoms with E-state index in [2.05, 4.69) is 83.1 Å². The average Bonchev–Trinajstić information content (AvgIpc) is 4.16. The van der Waals surface area contributed by atoms with Gasteiger partial charge in [-0.3, -0.25) is 29.0 Å². The number of hydrogen-bond donors (Lipinski definition) is 4. The minimum Gasteiger partial charge on any atom is -0.494 e. The summed E-state index contributed by atoms with van der Waals surface area (Å²) in [6.45, 7) is 12.7. The number of carbonyl (C=O) groups is 4. The molecule has 3 aliphatic heterocycles. The van der Waals surface area contributed by atoms with Crippen LogP contribution >= 0.6 is 0 Å². The molecule has 18 heteroatoms. The van der Waals surface area contributed by atoms with Crippen LogP contribution in [0, 0.1) is 5.41 Å². The quantitative estimate of drug-likeness (QED) is 0.109. The molecule has 0 aliphatic carbocycles. The van der Waals surface area contributed by atoms with Gasteiger partial charge >= 0.3 is 0 Å². The van der Waals surface area contributed by atoms with Gasteiger partial charge in [0.1, 0.15) is 30.1 Å². The van der Waals surface area contributed by atoms with Crippen molar-refractivity contribution in [3.05, 3.63) is 90.4 Å². The number of piperidine rings is 1. The Morgan fingerprint density at radius 2 is 1.72 bits per heavy atom. The minimum atomic E-state index is -0.864. The summed E-state index contributed by atoms with van der Waals surface area (Å²) in [5.74, 6) is -0.715. The first-order valence-corrected chi connectivity index (χ1v) is 23.9. The number of anilines is 3. The number of aryl methyl sites for hydroxylation is 1. The van der Waals surface area contributed by atoms with Crippen LogP contribution in [0.5, 0.6) is 5.75 Å². The molecule has 0 bridgehead atoms. The molecule has 0 unspecified atom stereocenters. The summed E-state index contributed by atoms with van der Waals surface area (Å²) in [5, 5.41) is 20.3. The monoisotopic (exact) mass is 943 g/mol. The summed E-state index contributed by atoms with van der Waals surface area (Å²) in [6, 6.07) is 19.6. The molecule has 0 spiro atoms. The number of carbonyl (C=O) groups excluding carboxylic acids is 4. The van der Waals surface area contributed by atoms with Crippen LogP contribution in [0.15, 0.2) is 79.1 Å².